The molecule has 0 spiro atoms. The van der Waals surface area contributed by atoms with Gasteiger partial charge in [-0.25, -0.2) is 14.6 Å². The molecule has 1 N–H and O–H groups in total. The zero-order chi connectivity index (χ0) is 25.9. The van der Waals surface area contributed by atoms with Crippen molar-refractivity contribution in [3.63, 3.8) is 0 Å². The van der Waals surface area contributed by atoms with Crippen molar-refractivity contribution < 1.29 is 14.3 Å². The van der Waals surface area contributed by atoms with Gasteiger partial charge in [-0.2, -0.15) is 5.10 Å². The molecule has 0 bridgehead atoms. The van der Waals surface area contributed by atoms with E-state index in [1.807, 2.05) is 36.7 Å². The molecule has 3 aromatic rings. The molecular formula is C26H33N7O3S. The van der Waals surface area contributed by atoms with Crippen LogP contribution >= 0.6 is 11.8 Å². The van der Waals surface area contributed by atoms with Crippen molar-refractivity contribution in [1.82, 2.24) is 25.1 Å². The van der Waals surface area contributed by atoms with Crippen LogP contribution in [0.4, 0.5) is 11.5 Å². The number of carbonyl (C=O) groups excluding carboxylic acids is 2. The molecule has 2 aliphatic heterocycles. The van der Waals surface area contributed by atoms with E-state index in [2.05, 4.69) is 22.2 Å². The lowest BCUT2D eigenvalue weighted by Gasteiger charge is -2.28. The summed E-state index contributed by atoms with van der Waals surface area (Å²) in [6.45, 7) is 10.3. The standard InChI is InChI=1S/C26H33N7O3S/c1-4-37-26-29-23(31-9-11-36-12-10-31)21-15-28-33(24(21)30-26)8-7-27-25(35)19-14-22(34)32(16-19)20-6-5-17(2)18(3)13-20/h5-6,13,15,19H,4,7-12,14,16H2,1-3H3,(H,27,35). The molecule has 2 amide bonds. The van der Waals surface area contributed by atoms with Crippen LogP contribution in [-0.4, -0.2) is 76.7 Å². The zero-order valence-corrected chi connectivity index (χ0v) is 22.4. The molecule has 2 fully saturated rings. The Labute approximate surface area is 220 Å². The number of amides is 2. The number of ether oxygens (including phenoxy) is 1. The molecule has 2 aliphatic rings. The van der Waals surface area contributed by atoms with Gasteiger partial charge in [-0.1, -0.05) is 24.8 Å². The van der Waals surface area contributed by atoms with Crippen LogP contribution in [0.2, 0.25) is 0 Å². The van der Waals surface area contributed by atoms with Crippen LogP contribution in [-0.2, 0) is 20.9 Å². The minimum Gasteiger partial charge on any atom is -0.378 e. The van der Waals surface area contributed by atoms with Gasteiger partial charge in [0.05, 0.1) is 37.3 Å². The Balaban J connectivity index is 1.24. The number of aromatic nitrogens is 4. The molecule has 4 heterocycles. The van der Waals surface area contributed by atoms with Crippen LogP contribution in [0.15, 0.2) is 29.6 Å². The summed E-state index contributed by atoms with van der Waals surface area (Å²) in [7, 11) is 0. The Hall–Kier alpha value is -3.18. The number of aryl methyl sites for hydroxylation is 2. The number of rotatable bonds is 8. The molecule has 1 aromatic carbocycles. The molecule has 2 saturated heterocycles. The first-order chi connectivity index (χ1) is 17.9. The molecule has 11 heteroatoms. The van der Waals surface area contributed by atoms with Gasteiger partial charge in [-0.05, 0) is 42.9 Å². The van der Waals surface area contributed by atoms with Gasteiger partial charge >= 0.3 is 0 Å². The summed E-state index contributed by atoms with van der Waals surface area (Å²) in [5.41, 5.74) is 3.92. The fourth-order valence-electron chi connectivity index (χ4n) is 4.75. The summed E-state index contributed by atoms with van der Waals surface area (Å²) in [4.78, 5) is 39.0. The monoisotopic (exact) mass is 523 g/mol. The van der Waals surface area contributed by atoms with Gasteiger partial charge in [0.1, 0.15) is 5.82 Å². The van der Waals surface area contributed by atoms with Gasteiger partial charge in [0, 0.05) is 38.3 Å². The van der Waals surface area contributed by atoms with E-state index in [4.69, 9.17) is 14.7 Å². The van der Waals surface area contributed by atoms with Crippen LogP contribution in [0.25, 0.3) is 11.0 Å². The maximum atomic E-state index is 12.9. The van der Waals surface area contributed by atoms with E-state index in [0.717, 1.165) is 52.1 Å². The highest BCUT2D eigenvalue weighted by Gasteiger charge is 2.35. The van der Waals surface area contributed by atoms with E-state index in [-0.39, 0.29) is 24.2 Å². The number of benzene rings is 1. The van der Waals surface area contributed by atoms with Crippen molar-refractivity contribution in [2.45, 2.75) is 38.9 Å². The lowest BCUT2D eigenvalue weighted by atomic mass is 10.1. The molecule has 0 radical (unpaired) electrons. The highest BCUT2D eigenvalue weighted by Crippen LogP contribution is 2.29. The summed E-state index contributed by atoms with van der Waals surface area (Å²) in [6.07, 6.45) is 2.02. The topological polar surface area (TPSA) is 105 Å². The lowest BCUT2D eigenvalue weighted by molar-refractivity contribution is -0.126. The van der Waals surface area contributed by atoms with Crippen LogP contribution in [0.3, 0.4) is 0 Å². The largest absolute Gasteiger partial charge is 0.378 e. The molecule has 10 nitrogen and oxygen atoms in total. The number of hydrogen-bond donors (Lipinski definition) is 1. The van der Waals surface area contributed by atoms with E-state index < -0.39 is 0 Å². The number of morpholine rings is 1. The molecule has 0 aliphatic carbocycles. The number of anilines is 2. The van der Waals surface area contributed by atoms with E-state index >= 15 is 0 Å². The molecule has 2 aromatic heterocycles. The summed E-state index contributed by atoms with van der Waals surface area (Å²) in [6, 6.07) is 5.97. The molecule has 0 saturated carbocycles. The van der Waals surface area contributed by atoms with E-state index in [1.165, 1.54) is 5.56 Å². The summed E-state index contributed by atoms with van der Waals surface area (Å²) >= 11 is 1.60. The van der Waals surface area contributed by atoms with Gasteiger partial charge < -0.3 is 19.9 Å². The van der Waals surface area contributed by atoms with Crippen molar-refractivity contribution in [1.29, 1.82) is 0 Å². The number of nitrogens with zero attached hydrogens (tertiary/aromatic N) is 6. The molecule has 1 atom stereocenters. The number of carbonyl (C=O) groups is 2. The molecule has 196 valence electrons. The van der Waals surface area contributed by atoms with Crippen molar-refractivity contribution in [3.05, 3.63) is 35.5 Å². The van der Waals surface area contributed by atoms with E-state index in [9.17, 15) is 9.59 Å². The smallest absolute Gasteiger partial charge is 0.227 e. The highest BCUT2D eigenvalue weighted by molar-refractivity contribution is 7.99. The van der Waals surface area contributed by atoms with Gasteiger partial charge in [-0.15, -0.1) is 0 Å². The first kappa shape index (κ1) is 25.5. The Kier molecular flexibility index (Phi) is 7.61. The molecule has 1 unspecified atom stereocenters. The first-order valence-electron chi connectivity index (χ1n) is 12.8. The maximum Gasteiger partial charge on any atom is 0.227 e. The predicted octanol–water partition coefficient (Wildman–Crippen LogP) is 2.56. The van der Waals surface area contributed by atoms with Crippen LogP contribution in [0, 0.1) is 19.8 Å². The third kappa shape index (κ3) is 5.42. The fourth-order valence-corrected chi connectivity index (χ4v) is 5.31. The first-order valence-corrected chi connectivity index (χ1v) is 13.8. The van der Waals surface area contributed by atoms with E-state index in [0.29, 0.717) is 32.8 Å². The molecular weight excluding hydrogens is 490 g/mol. The average Bonchev–Trinajstić information content (AvgIpc) is 3.49. The zero-order valence-electron chi connectivity index (χ0n) is 21.6. The van der Waals surface area contributed by atoms with Gasteiger partial charge in [0.15, 0.2) is 10.8 Å². The highest BCUT2D eigenvalue weighted by atomic mass is 32.2. The second kappa shape index (κ2) is 11.1. The summed E-state index contributed by atoms with van der Waals surface area (Å²) in [5.74, 6) is 1.26. The fraction of sp³-hybridized carbons (Fsp3) is 0.500. The third-order valence-electron chi connectivity index (χ3n) is 6.96. The average molecular weight is 524 g/mol. The minimum atomic E-state index is -0.369. The Morgan fingerprint density at radius 3 is 2.76 bits per heavy atom. The van der Waals surface area contributed by atoms with Crippen molar-refractivity contribution in [2.75, 3.05) is 54.9 Å². The number of hydrogen-bond acceptors (Lipinski definition) is 8. The predicted molar refractivity (Wildman–Crippen MR) is 144 cm³/mol. The third-order valence-corrected chi connectivity index (χ3v) is 7.69. The van der Waals surface area contributed by atoms with Crippen molar-refractivity contribution in [2.24, 2.45) is 5.92 Å². The van der Waals surface area contributed by atoms with Crippen LogP contribution in [0.5, 0.6) is 0 Å². The van der Waals surface area contributed by atoms with E-state index in [1.54, 1.807) is 22.9 Å². The van der Waals surface area contributed by atoms with Gasteiger partial charge in [0.25, 0.3) is 0 Å². The van der Waals surface area contributed by atoms with Gasteiger partial charge in [0.2, 0.25) is 11.8 Å². The SMILES string of the molecule is CCSc1nc(N2CCOCC2)c2cnn(CCNC(=O)C3CC(=O)N(c4ccc(C)c(C)c4)C3)c2n1. The second-order valence-electron chi connectivity index (χ2n) is 9.43. The van der Waals surface area contributed by atoms with Gasteiger partial charge in [-0.3, -0.25) is 9.59 Å². The number of nitrogens with one attached hydrogen (secondary N) is 1. The van der Waals surface area contributed by atoms with Crippen LogP contribution in [0.1, 0.15) is 24.5 Å². The lowest BCUT2D eigenvalue weighted by Crippen LogP contribution is -2.37. The molecule has 37 heavy (non-hydrogen) atoms. The van der Waals surface area contributed by atoms with Crippen molar-refractivity contribution in [3.8, 4) is 0 Å². The molecule has 5 rings (SSSR count). The van der Waals surface area contributed by atoms with Crippen molar-refractivity contribution >= 4 is 46.1 Å². The Bertz CT molecular complexity index is 1300. The Morgan fingerprint density at radius 1 is 1.19 bits per heavy atom. The summed E-state index contributed by atoms with van der Waals surface area (Å²) < 4.78 is 7.33. The minimum absolute atomic E-state index is 0.0187. The quantitative estimate of drug-likeness (QED) is 0.355. The Morgan fingerprint density at radius 2 is 2.00 bits per heavy atom. The maximum absolute atomic E-state index is 12.9. The second-order valence-corrected chi connectivity index (χ2v) is 10.7. The normalized spacial score (nSPS) is 18.1. The van der Waals surface area contributed by atoms with Crippen LogP contribution < -0.4 is 15.1 Å². The number of thioether (sulfide) groups is 1. The summed E-state index contributed by atoms with van der Waals surface area (Å²) in [5, 5.41) is 9.19. The number of fused-ring (bicyclic) bond motifs is 1.